The second-order valence-electron chi connectivity index (χ2n) is 3.51. The number of anilines is 2. The zero-order valence-corrected chi connectivity index (χ0v) is 8.71. The zero-order chi connectivity index (χ0) is 11.7. The molecule has 0 unspecified atom stereocenters. The van der Waals surface area contributed by atoms with E-state index in [1.54, 1.807) is 13.0 Å². The molecule has 1 saturated heterocycles. The van der Waals surface area contributed by atoms with Crippen LogP contribution in [0.3, 0.4) is 0 Å². The van der Waals surface area contributed by atoms with E-state index in [9.17, 15) is 10.0 Å². The molecule has 86 valence electrons. The number of carbonyl (C=O) groups is 1. The maximum absolute atomic E-state index is 11.3. The van der Waals surface area contributed by atoms with Crippen LogP contribution < -0.4 is 10.1 Å². The lowest BCUT2D eigenvalue weighted by Gasteiger charge is -2.23. The van der Waals surface area contributed by atoms with E-state index < -0.39 is 0 Å². The first-order valence-electron chi connectivity index (χ1n) is 4.80. The highest BCUT2D eigenvalue weighted by Gasteiger charge is 2.24. The SMILES string of the molecule is Cc1cc(N([O-])O)ccc1N1CCOC1=O. The summed E-state index contributed by atoms with van der Waals surface area (Å²) in [5.74, 6) is 0. The Kier molecular flexibility index (Phi) is 2.67. The number of aryl methyl sites for hydroxylation is 1. The molecule has 6 nitrogen and oxygen atoms in total. The fraction of sp³-hybridized carbons (Fsp3) is 0.300. The van der Waals surface area contributed by atoms with Gasteiger partial charge < -0.3 is 15.2 Å². The first-order chi connectivity index (χ1) is 7.59. The zero-order valence-electron chi connectivity index (χ0n) is 8.71. The van der Waals surface area contributed by atoms with Crippen molar-refractivity contribution in [2.75, 3.05) is 23.3 Å². The number of hydrogen-bond donors (Lipinski definition) is 1. The van der Waals surface area contributed by atoms with Crippen LogP contribution in [0.25, 0.3) is 0 Å². The van der Waals surface area contributed by atoms with E-state index in [4.69, 9.17) is 9.94 Å². The fourth-order valence-corrected chi connectivity index (χ4v) is 1.67. The number of ether oxygens (including phenoxy) is 1. The van der Waals surface area contributed by atoms with Gasteiger partial charge >= 0.3 is 6.09 Å². The topological polar surface area (TPSA) is 76.1 Å². The van der Waals surface area contributed by atoms with Crippen molar-refractivity contribution in [2.45, 2.75) is 6.92 Å². The summed E-state index contributed by atoms with van der Waals surface area (Å²) in [6, 6.07) is 4.56. The molecule has 1 N–H and O–H groups in total. The predicted octanol–water partition coefficient (Wildman–Crippen LogP) is 1.65. The summed E-state index contributed by atoms with van der Waals surface area (Å²) in [5, 5.41) is 19.2. The molecular weight excluding hydrogens is 212 g/mol. The highest BCUT2D eigenvalue weighted by molar-refractivity contribution is 5.90. The Morgan fingerprint density at radius 2 is 2.31 bits per heavy atom. The van der Waals surface area contributed by atoms with Crippen molar-refractivity contribution in [1.29, 1.82) is 0 Å². The molecule has 1 aromatic carbocycles. The van der Waals surface area contributed by atoms with Crippen molar-refractivity contribution >= 4 is 17.5 Å². The summed E-state index contributed by atoms with van der Waals surface area (Å²) in [6.07, 6.45) is -0.390. The van der Waals surface area contributed by atoms with Crippen LogP contribution in [-0.4, -0.2) is 24.5 Å². The third-order valence-electron chi connectivity index (χ3n) is 2.45. The standard InChI is InChI=1S/C10H11N2O4/c1-7-6-8(12(14)15)2-3-9(7)11-4-5-16-10(11)13/h2-3,6,14H,4-5H2,1H3/q-1. The van der Waals surface area contributed by atoms with Gasteiger partial charge in [0.1, 0.15) is 6.61 Å². The van der Waals surface area contributed by atoms with Gasteiger partial charge in [-0.3, -0.25) is 10.1 Å². The molecule has 0 aliphatic carbocycles. The summed E-state index contributed by atoms with van der Waals surface area (Å²) in [4.78, 5) is 12.8. The summed E-state index contributed by atoms with van der Waals surface area (Å²) in [6.45, 7) is 2.63. The second-order valence-corrected chi connectivity index (χ2v) is 3.51. The minimum Gasteiger partial charge on any atom is -0.733 e. The van der Waals surface area contributed by atoms with Crippen LogP contribution in [0.2, 0.25) is 0 Å². The summed E-state index contributed by atoms with van der Waals surface area (Å²) >= 11 is 0. The number of hydrogen-bond acceptors (Lipinski definition) is 5. The molecule has 1 aliphatic rings. The number of carbonyl (C=O) groups excluding carboxylic acids is 1. The molecule has 1 amide bonds. The largest absolute Gasteiger partial charge is 0.733 e. The Bertz CT molecular complexity index is 419. The average Bonchev–Trinajstić information content (AvgIpc) is 2.64. The van der Waals surface area contributed by atoms with E-state index in [0.29, 0.717) is 18.8 Å². The smallest absolute Gasteiger partial charge is 0.414 e. The first kappa shape index (κ1) is 10.7. The van der Waals surface area contributed by atoms with E-state index in [2.05, 4.69) is 0 Å². The van der Waals surface area contributed by atoms with Crippen LogP contribution >= 0.6 is 0 Å². The quantitative estimate of drug-likeness (QED) is 0.771. The molecule has 0 spiro atoms. The Balaban J connectivity index is 2.32. The van der Waals surface area contributed by atoms with Gasteiger partial charge in [-0.05, 0) is 30.7 Å². The van der Waals surface area contributed by atoms with Crippen molar-refractivity contribution in [2.24, 2.45) is 0 Å². The van der Waals surface area contributed by atoms with Crippen molar-refractivity contribution in [1.82, 2.24) is 0 Å². The molecule has 0 saturated carbocycles. The van der Waals surface area contributed by atoms with Crippen molar-refractivity contribution < 1.29 is 14.7 Å². The molecule has 0 bridgehead atoms. The molecule has 1 aromatic rings. The van der Waals surface area contributed by atoms with Gasteiger partial charge in [0.25, 0.3) is 0 Å². The van der Waals surface area contributed by atoms with E-state index in [1.807, 2.05) is 0 Å². The lowest BCUT2D eigenvalue weighted by Crippen LogP contribution is -2.24. The molecule has 2 rings (SSSR count). The highest BCUT2D eigenvalue weighted by atomic mass is 16.8. The van der Waals surface area contributed by atoms with Crippen molar-refractivity contribution in [3.8, 4) is 0 Å². The first-order valence-corrected chi connectivity index (χ1v) is 4.80. The maximum Gasteiger partial charge on any atom is 0.414 e. The van der Waals surface area contributed by atoms with E-state index >= 15 is 0 Å². The van der Waals surface area contributed by atoms with Crippen LogP contribution in [0.4, 0.5) is 16.2 Å². The number of cyclic esters (lactones) is 1. The van der Waals surface area contributed by atoms with Gasteiger partial charge in [0, 0.05) is 0 Å². The summed E-state index contributed by atoms with van der Waals surface area (Å²) in [7, 11) is 0. The van der Waals surface area contributed by atoms with E-state index in [0.717, 1.165) is 5.56 Å². The van der Waals surface area contributed by atoms with Crippen molar-refractivity contribution in [3.05, 3.63) is 29.0 Å². The Hall–Kier alpha value is -1.79. The highest BCUT2D eigenvalue weighted by Crippen LogP contribution is 2.26. The lowest BCUT2D eigenvalue weighted by molar-refractivity contribution is 0.181. The van der Waals surface area contributed by atoms with Gasteiger partial charge in [0.05, 0.1) is 17.9 Å². The molecule has 0 atom stereocenters. The monoisotopic (exact) mass is 223 g/mol. The number of nitrogens with zero attached hydrogens (tertiary/aromatic N) is 2. The van der Waals surface area contributed by atoms with Gasteiger partial charge in [0.2, 0.25) is 0 Å². The average molecular weight is 223 g/mol. The summed E-state index contributed by atoms with van der Waals surface area (Å²) < 4.78 is 4.82. The van der Waals surface area contributed by atoms with Gasteiger partial charge in [0.15, 0.2) is 0 Å². The van der Waals surface area contributed by atoms with Crippen LogP contribution in [0.5, 0.6) is 0 Å². The molecule has 1 fully saturated rings. The molecule has 6 heteroatoms. The van der Waals surface area contributed by atoms with Crippen LogP contribution in [-0.2, 0) is 4.74 Å². The van der Waals surface area contributed by atoms with Gasteiger partial charge in [-0.1, -0.05) is 0 Å². The third kappa shape index (κ3) is 1.80. The normalized spacial score (nSPS) is 15.2. The fourth-order valence-electron chi connectivity index (χ4n) is 1.67. The number of benzene rings is 1. The van der Waals surface area contributed by atoms with Gasteiger partial charge in [-0.15, -0.1) is 0 Å². The van der Waals surface area contributed by atoms with Gasteiger partial charge in [-0.2, -0.15) is 0 Å². The molecule has 1 heterocycles. The van der Waals surface area contributed by atoms with Crippen LogP contribution in [0.1, 0.15) is 5.56 Å². The number of rotatable bonds is 2. The van der Waals surface area contributed by atoms with Crippen LogP contribution in [0, 0.1) is 12.1 Å². The van der Waals surface area contributed by atoms with Gasteiger partial charge in [-0.25, -0.2) is 4.79 Å². The molecule has 16 heavy (non-hydrogen) atoms. The molecular formula is C10H11N2O4-. The van der Waals surface area contributed by atoms with E-state index in [-0.39, 0.29) is 17.0 Å². The Labute approximate surface area is 92.2 Å². The van der Waals surface area contributed by atoms with Crippen molar-refractivity contribution in [3.63, 3.8) is 0 Å². The maximum atomic E-state index is 11.3. The number of amides is 1. The summed E-state index contributed by atoms with van der Waals surface area (Å²) in [5.41, 5.74) is 1.55. The minimum absolute atomic E-state index is 0.133. The predicted molar refractivity (Wildman–Crippen MR) is 57.5 cm³/mol. The lowest BCUT2D eigenvalue weighted by atomic mass is 10.1. The molecule has 1 aliphatic heterocycles. The van der Waals surface area contributed by atoms with Crippen LogP contribution in [0.15, 0.2) is 18.2 Å². The van der Waals surface area contributed by atoms with E-state index in [1.165, 1.54) is 17.0 Å². The molecule has 0 aromatic heterocycles. The minimum atomic E-state index is -0.390. The second kappa shape index (κ2) is 3.99. The molecule has 0 radical (unpaired) electrons. The Morgan fingerprint density at radius 3 is 2.81 bits per heavy atom. The third-order valence-corrected chi connectivity index (χ3v) is 2.45. The Morgan fingerprint density at radius 1 is 1.56 bits per heavy atom.